The van der Waals surface area contributed by atoms with Gasteiger partial charge < -0.3 is 24.3 Å². The average molecular weight is 447 g/mol. The third kappa shape index (κ3) is 6.26. The molecule has 7 heteroatoms. The van der Waals surface area contributed by atoms with Crippen LogP contribution in [0.15, 0.2) is 72.8 Å². The smallest absolute Gasteiger partial charge is 0.311 e. The minimum Gasteiger partial charge on any atom is -0.489 e. The average Bonchev–Trinajstić information content (AvgIpc) is 2.84. The van der Waals surface area contributed by atoms with Gasteiger partial charge in [-0.2, -0.15) is 0 Å². The summed E-state index contributed by atoms with van der Waals surface area (Å²) < 4.78 is 22.0. The number of benzene rings is 3. The summed E-state index contributed by atoms with van der Waals surface area (Å²) >= 11 is 0. The van der Waals surface area contributed by atoms with Gasteiger partial charge in [-0.15, -0.1) is 0 Å². The fraction of sp³-hybridized carbons (Fsp3) is 0.231. The van der Waals surface area contributed by atoms with Gasteiger partial charge in [-0.05, 0) is 54.4 Å². The molecule has 1 N–H and O–H groups in total. The molecule has 0 aliphatic carbocycles. The minimum atomic E-state index is -0.941. The van der Waals surface area contributed by atoms with Crippen LogP contribution < -0.4 is 19.5 Å². The molecule has 4 rings (SSSR count). The van der Waals surface area contributed by atoms with E-state index in [0.717, 1.165) is 11.1 Å². The summed E-state index contributed by atoms with van der Waals surface area (Å²) in [5.74, 6) is 1.04. The molecule has 1 atom stereocenters. The van der Waals surface area contributed by atoms with E-state index in [1.165, 1.54) is 6.92 Å². The van der Waals surface area contributed by atoms with Gasteiger partial charge in [0.25, 0.3) is 5.91 Å². The first-order chi connectivity index (χ1) is 16.1. The van der Waals surface area contributed by atoms with Crippen molar-refractivity contribution >= 4 is 17.6 Å². The molecular formula is C26H25NO6. The summed E-state index contributed by atoms with van der Waals surface area (Å²) in [5, 5.41) is 2.74. The zero-order chi connectivity index (χ0) is 23.0. The highest BCUT2D eigenvalue weighted by molar-refractivity contribution is 5.95. The molecule has 0 fully saturated rings. The van der Waals surface area contributed by atoms with E-state index in [0.29, 0.717) is 42.8 Å². The van der Waals surface area contributed by atoms with Crippen LogP contribution in [0.25, 0.3) is 0 Å². The van der Waals surface area contributed by atoms with Crippen LogP contribution in [0.2, 0.25) is 0 Å². The number of carbonyl (C=O) groups is 2. The lowest BCUT2D eigenvalue weighted by atomic mass is 10.1. The van der Waals surface area contributed by atoms with Crippen LogP contribution >= 0.6 is 0 Å². The Balaban J connectivity index is 1.24. The first-order valence-corrected chi connectivity index (χ1v) is 10.7. The Kier molecular flexibility index (Phi) is 7.09. The van der Waals surface area contributed by atoms with Crippen molar-refractivity contribution in [3.8, 4) is 17.2 Å². The van der Waals surface area contributed by atoms with Crippen molar-refractivity contribution < 1.29 is 28.5 Å². The number of anilines is 1. The molecule has 0 aromatic heterocycles. The number of hydrogen-bond acceptors (Lipinski definition) is 6. The fourth-order valence-corrected chi connectivity index (χ4v) is 3.28. The second kappa shape index (κ2) is 10.5. The Labute approximate surface area is 192 Å². The van der Waals surface area contributed by atoms with Gasteiger partial charge >= 0.3 is 5.97 Å². The molecular weight excluding hydrogens is 422 g/mol. The Hall–Kier alpha value is -4.00. The van der Waals surface area contributed by atoms with Crippen LogP contribution in [0.5, 0.6) is 17.2 Å². The summed E-state index contributed by atoms with van der Waals surface area (Å²) in [5.41, 5.74) is 2.38. The van der Waals surface area contributed by atoms with Gasteiger partial charge in [-0.25, -0.2) is 0 Å². The molecule has 1 aliphatic heterocycles. The van der Waals surface area contributed by atoms with Crippen molar-refractivity contribution in [3.05, 3.63) is 83.9 Å². The van der Waals surface area contributed by atoms with Crippen molar-refractivity contribution in [1.82, 2.24) is 0 Å². The third-order valence-electron chi connectivity index (χ3n) is 5.00. The molecule has 1 aliphatic rings. The zero-order valence-corrected chi connectivity index (χ0v) is 18.3. The maximum Gasteiger partial charge on any atom is 0.311 e. The lowest BCUT2D eigenvalue weighted by Gasteiger charge is -2.19. The monoisotopic (exact) mass is 447 g/mol. The minimum absolute atomic E-state index is 0.0295. The van der Waals surface area contributed by atoms with Gasteiger partial charge in [0, 0.05) is 5.69 Å². The van der Waals surface area contributed by atoms with Crippen molar-refractivity contribution in [1.29, 1.82) is 0 Å². The molecule has 0 radical (unpaired) electrons. The van der Waals surface area contributed by atoms with Crippen LogP contribution in [-0.4, -0.2) is 31.2 Å². The summed E-state index contributed by atoms with van der Waals surface area (Å²) in [6.07, 6.45) is -0.912. The largest absolute Gasteiger partial charge is 0.489 e. The molecule has 1 amide bonds. The molecule has 170 valence electrons. The fourth-order valence-electron chi connectivity index (χ4n) is 3.28. The Morgan fingerprint density at radius 1 is 0.909 bits per heavy atom. The standard InChI is InChI=1S/C26H25NO6/c1-18(33-25(28)16-20-7-12-23-24(15-20)31-14-13-30-23)26(29)27-21-8-10-22(11-9-21)32-17-19-5-3-2-4-6-19/h2-12,15,18H,13-14,16-17H2,1H3,(H,27,29). The molecule has 3 aromatic carbocycles. The number of esters is 1. The van der Waals surface area contributed by atoms with Crippen LogP contribution in [0.3, 0.4) is 0 Å². The van der Waals surface area contributed by atoms with Gasteiger partial charge in [-0.1, -0.05) is 36.4 Å². The highest BCUT2D eigenvalue weighted by Crippen LogP contribution is 2.31. The summed E-state index contributed by atoms with van der Waals surface area (Å²) in [7, 11) is 0. The van der Waals surface area contributed by atoms with Crippen LogP contribution in [0.4, 0.5) is 5.69 Å². The molecule has 3 aromatic rings. The quantitative estimate of drug-likeness (QED) is 0.523. The maximum atomic E-state index is 12.4. The van der Waals surface area contributed by atoms with Gasteiger partial charge in [0.05, 0.1) is 6.42 Å². The second-order valence-corrected chi connectivity index (χ2v) is 7.57. The molecule has 0 bridgehead atoms. The Morgan fingerprint density at radius 3 is 2.39 bits per heavy atom. The maximum absolute atomic E-state index is 12.4. The topological polar surface area (TPSA) is 83.1 Å². The Bertz CT molecular complexity index is 1100. The number of amides is 1. The lowest BCUT2D eigenvalue weighted by molar-refractivity contribution is -0.152. The van der Waals surface area contributed by atoms with E-state index in [2.05, 4.69) is 5.32 Å². The van der Waals surface area contributed by atoms with Gasteiger partial charge in [0.2, 0.25) is 0 Å². The zero-order valence-electron chi connectivity index (χ0n) is 18.3. The number of rotatable bonds is 8. The van der Waals surface area contributed by atoms with E-state index >= 15 is 0 Å². The summed E-state index contributed by atoms with van der Waals surface area (Å²) in [6, 6.07) is 22.2. The molecule has 7 nitrogen and oxygen atoms in total. The first kappa shape index (κ1) is 22.2. The van der Waals surface area contributed by atoms with Crippen molar-refractivity contribution in [2.45, 2.75) is 26.1 Å². The molecule has 1 heterocycles. The molecule has 1 unspecified atom stereocenters. The van der Waals surface area contributed by atoms with Gasteiger partial charge in [-0.3, -0.25) is 9.59 Å². The van der Waals surface area contributed by atoms with Gasteiger partial charge in [0.1, 0.15) is 25.6 Å². The lowest BCUT2D eigenvalue weighted by Crippen LogP contribution is -2.30. The molecule has 0 saturated heterocycles. The molecule has 0 spiro atoms. The van der Waals surface area contributed by atoms with Crippen molar-refractivity contribution in [2.75, 3.05) is 18.5 Å². The van der Waals surface area contributed by atoms with E-state index in [4.69, 9.17) is 18.9 Å². The highest BCUT2D eigenvalue weighted by atomic mass is 16.6. The summed E-state index contributed by atoms with van der Waals surface area (Å²) in [4.78, 5) is 24.7. The van der Waals surface area contributed by atoms with E-state index in [9.17, 15) is 9.59 Å². The van der Waals surface area contributed by atoms with Crippen molar-refractivity contribution in [3.63, 3.8) is 0 Å². The predicted octanol–water partition coefficient (Wildman–Crippen LogP) is 4.15. The number of nitrogens with one attached hydrogen (secondary N) is 1. The second-order valence-electron chi connectivity index (χ2n) is 7.57. The highest BCUT2D eigenvalue weighted by Gasteiger charge is 2.19. The van der Waals surface area contributed by atoms with E-state index in [-0.39, 0.29) is 6.42 Å². The van der Waals surface area contributed by atoms with Crippen LogP contribution in [0.1, 0.15) is 18.1 Å². The van der Waals surface area contributed by atoms with Crippen molar-refractivity contribution in [2.24, 2.45) is 0 Å². The summed E-state index contributed by atoms with van der Waals surface area (Å²) in [6.45, 7) is 2.97. The molecule has 33 heavy (non-hydrogen) atoms. The van der Waals surface area contributed by atoms with E-state index in [1.807, 2.05) is 30.3 Å². The van der Waals surface area contributed by atoms with Crippen LogP contribution in [-0.2, 0) is 27.4 Å². The number of ether oxygens (including phenoxy) is 4. The third-order valence-corrected chi connectivity index (χ3v) is 5.00. The number of fused-ring (bicyclic) bond motifs is 1. The molecule has 0 saturated carbocycles. The number of carbonyl (C=O) groups excluding carboxylic acids is 2. The SMILES string of the molecule is CC(OC(=O)Cc1ccc2c(c1)OCCO2)C(=O)Nc1ccc(OCc2ccccc2)cc1. The van der Waals surface area contributed by atoms with Crippen LogP contribution in [0, 0.1) is 0 Å². The Morgan fingerprint density at radius 2 is 1.64 bits per heavy atom. The number of hydrogen-bond donors (Lipinski definition) is 1. The van der Waals surface area contributed by atoms with E-state index in [1.54, 1.807) is 42.5 Å². The van der Waals surface area contributed by atoms with E-state index < -0.39 is 18.0 Å². The van der Waals surface area contributed by atoms with Gasteiger partial charge in [0.15, 0.2) is 17.6 Å². The predicted molar refractivity (Wildman–Crippen MR) is 123 cm³/mol. The normalized spacial score (nSPS) is 13.0. The first-order valence-electron chi connectivity index (χ1n) is 10.7.